The molecule has 0 aromatic carbocycles. The number of carbonyl (C=O) groups is 1. The van der Waals surface area contributed by atoms with Gasteiger partial charge in [0.1, 0.15) is 0 Å². The molecule has 0 bridgehead atoms. The van der Waals surface area contributed by atoms with Crippen molar-refractivity contribution in [3.63, 3.8) is 0 Å². The highest BCUT2D eigenvalue weighted by Crippen LogP contribution is 2.27. The first-order chi connectivity index (χ1) is 8.65. The number of Topliss-reactive ketones (excluding diaryl/α,β-unsaturated/α-hetero) is 1. The van der Waals surface area contributed by atoms with E-state index in [1.807, 2.05) is 0 Å². The Hall–Kier alpha value is -0.370. The zero-order valence-electron chi connectivity index (χ0n) is 12.6. The Balaban J connectivity index is 2.48. The minimum atomic E-state index is -0.188. The van der Waals surface area contributed by atoms with Crippen LogP contribution in [0.25, 0.3) is 0 Å². The van der Waals surface area contributed by atoms with Gasteiger partial charge in [0, 0.05) is 6.42 Å². The summed E-state index contributed by atoms with van der Waals surface area (Å²) in [5.74, 6) is 0.475. The van der Waals surface area contributed by atoms with Gasteiger partial charge in [-0.2, -0.15) is 0 Å². The predicted molar refractivity (Wildman–Crippen MR) is 77.9 cm³/mol. The number of piperidine rings is 1. The summed E-state index contributed by atoms with van der Waals surface area (Å²) in [6, 6.07) is 0. The van der Waals surface area contributed by atoms with Crippen molar-refractivity contribution in [2.24, 2.45) is 0 Å². The summed E-state index contributed by atoms with van der Waals surface area (Å²) in [6.45, 7) is 8.78. The molecule has 0 radical (unpaired) electrons. The van der Waals surface area contributed by atoms with Crippen LogP contribution < -0.4 is 0 Å². The lowest BCUT2D eigenvalue weighted by Gasteiger charge is -2.42. The normalized spacial score (nSPS) is 20.6. The summed E-state index contributed by atoms with van der Waals surface area (Å²) in [6.07, 6.45) is 10.4. The zero-order valence-corrected chi connectivity index (χ0v) is 12.6. The molecular formula is C16H31NO. The van der Waals surface area contributed by atoms with Gasteiger partial charge in [-0.05, 0) is 45.7 Å². The zero-order chi connectivity index (χ0) is 13.4. The standard InChI is InChI=1S/C16H31NO/c1-4-6-7-9-12-15(18)16(3,5-2)17-13-10-8-11-14-17/h4-14H2,1-3H3. The van der Waals surface area contributed by atoms with E-state index in [1.165, 1.54) is 38.5 Å². The second kappa shape index (κ2) is 7.93. The minimum absolute atomic E-state index is 0.188. The van der Waals surface area contributed by atoms with Gasteiger partial charge in [-0.15, -0.1) is 0 Å². The van der Waals surface area contributed by atoms with Crippen molar-refractivity contribution >= 4 is 5.78 Å². The number of likely N-dealkylation sites (tertiary alicyclic amines) is 1. The largest absolute Gasteiger partial charge is 0.298 e. The van der Waals surface area contributed by atoms with Gasteiger partial charge in [0.2, 0.25) is 0 Å². The van der Waals surface area contributed by atoms with Crippen molar-refractivity contribution in [3.8, 4) is 0 Å². The minimum Gasteiger partial charge on any atom is -0.298 e. The van der Waals surface area contributed by atoms with Crippen molar-refractivity contribution in [3.05, 3.63) is 0 Å². The number of hydrogen-bond acceptors (Lipinski definition) is 2. The lowest BCUT2D eigenvalue weighted by atomic mass is 9.86. The number of nitrogens with zero attached hydrogens (tertiary/aromatic N) is 1. The second-order valence-corrected chi connectivity index (χ2v) is 5.91. The molecule has 0 aliphatic carbocycles. The van der Waals surface area contributed by atoms with Crippen LogP contribution in [0.15, 0.2) is 0 Å². The maximum atomic E-state index is 12.5. The van der Waals surface area contributed by atoms with Gasteiger partial charge < -0.3 is 0 Å². The number of rotatable bonds is 8. The molecule has 1 unspecified atom stereocenters. The molecule has 0 aromatic rings. The monoisotopic (exact) mass is 253 g/mol. The van der Waals surface area contributed by atoms with E-state index in [0.717, 1.165) is 32.4 Å². The van der Waals surface area contributed by atoms with Crippen LogP contribution in [0.4, 0.5) is 0 Å². The summed E-state index contributed by atoms with van der Waals surface area (Å²) in [5, 5.41) is 0. The van der Waals surface area contributed by atoms with E-state index in [1.54, 1.807) is 0 Å². The van der Waals surface area contributed by atoms with E-state index in [0.29, 0.717) is 5.78 Å². The molecule has 1 heterocycles. The van der Waals surface area contributed by atoms with E-state index < -0.39 is 0 Å². The molecule has 1 atom stereocenters. The van der Waals surface area contributed by atoms with Crippen LogP contribution in [0, 0.1) is 0 Å². The molecule has 0 aromatic heterocycles. The maximum absolute atomic E-state index is 12.5. The molecule has 1 rings (SSSR count). The van der Waals surface area contributed by atoms with Crippen molar-refractivity contribution < 1.29 is 4.79 Å². The lowest BCUT2D eigenvalue weighted by molar-refractivity contribution is -0.131. The lowest BCUT2D eigenvalue weighted by Crippen LogP contribution is -2.53. The highest BCUT2D eigenvalue weighted by Gasteiger charge is 2.36. The second-order valence-electron chi connectivity index (χ2n) is 5.91. The first kappa shape index (κ1) is 15.7. The molecule has 0 amide bonds. The highest BCUT2D eigenvalue weighted by molar-refractivity contribution is 5.87. The molecule has 0 spiro atoms. The molecule has 18 heavy (non-hydrogen) atoms. The van der Waals surface area contributed by atoms with Crippen LogP contribution >= 0.6 is 0 Å². The molecule has 0 saturated carbocycles. The molecule has 106 valence electrons. The van der Waals surface area contributed by atoms with Crippen molar-refractivity contribution in [1.82, 2.24) is 4.90 Å². The molecule has 0 N–H and O–H groups in total. The quantitative estimate of drug-likeness (QED) is 0.605. The number of carbonyl (C=O) groups excluding carboxylic acids is 1. The third-order valence-electron chi connectivity index (χ3n) is 4.60. The van der Waals surface area contributed by atoms with Gasteiger partial charge in [0.05, 0.1) is 5.54 Å². The Morgan fingerprint density at radius 1 is 1.06 bits per heavy atom. The molecular weight excluding hydrogens is 222 g/mol. The molecule has 2 heteroatoms. The fourth-order valence-electron chi connectivity index (χ4n) is 2.97. The van der Waals surface area contributed by atoms with Crippen LogP contribution in [0.2, 0.25) is 0 Å². The van der Waals surface area contributed by atoms with E-state index >= 15 is 0 Å². The molecule has 1 aliphatic rings. The average molecular weight is 253 g/mol. The summed E-state index contributed by atoms with van der Waals surface area (Å²) < 4.78 is 0. The van der Waals surface area contributed by atoms with E-state index in [2.05, 4.69) is 25.7 Å². The van der Waals surface area contributed by atoms with Crippen LogP contribution in [0.3, 0.4) is 0 Å². The number of unbranched alkanes of at least 4 members (excludes halogenated alkanes) is 3. The van der Waals surface area contributed by atoms with Crippen molar-refractivity contribution in [2.45, 2.75) is 84.1 Å². The average Bonchev–Trinajstić information content (AvgIpc) is 2.43. The molecule has 1 fully saturated rings. The van der Waals surface area contributed by atoms with Crippen LogP contribution in [-0.4, -0.2) is 29.3 Å². The Kier molecular flexibility index (Phi) is 6.91. The summed E-state index contributed by atoms with van der Waals surface area (Å²) in [5.41, 5.74) is -0.188. The van der Waals surface area contributed by atoms with Crippen LogP contribution in [0.5, 0.6) is 0 Å². The van der Waals surface area contributed by atoms with Crippen molar-refractivity contribution in [1.29, 1.82) is 0 Å². The van der Waals surface area contributed by atoms with Crippen LogP contribution in [-0.2, 0) is 4.79 Å². The Morgan fingerprint density at radius 3 is 2.28 bits per heavy atom. The van der Waals surface area contributed by atoms with Gasteiger partial charge >= 0.3 is 0 Å². The van der Waals surface area contributed by atoms with Crippen molar-refractivity contribution in [2.75, 3.05) is 13.1 Å². The third kappa shape index (κ3) is 4.08. The summed E-state index contributed by atoms with van der Waals surface area (Å²) >= 11 is 0. The topological polar surface area (TPSA) is 20.3 Å². The van der Waals surface area contributed by atoms with Gasteiger partial charge in [0.15, 0.2) is 5.78 Å². The maximum Gasteiger partial charge on any atom is 0.152 e. The molecule has 2 nitrogen and oxygen atoms in total. The van der Waals surface area contributed by atoms with E-state index in [4.69, 9.17) is 0 Å². The Bertz CT molecular complexity index is 245. The van der Waals surface area contributed by atoms with E-state index in [9.17, 15) is 4.79 Å². The van der Waals surface area contributed by atoms with E-state index in [-0.39, 0.29) is 5.54 Å². The molecule has 1 aliphatic heterocycles. The Morgan fingerprint density at radius 2 is 1.72 bits per heavy atom. The van der Waals surface area contributed by atoms with Gasteiger partial charge in [-0.1, -0.05) is 39.5 Å². The number of hydrogen-bond donors (Lipinski definition) is 0. The SMILES string of the molecule is CCCCCCC(=O)C(C)(CC)N1CCCCC1. The van der Waals surface area contributed by atoms with Crippen LogP contribution in [0.1, 0.15) is 78.6 Å². The molecule has 1 saturated heterocycles. The Labute approximate surface area is 113 Å². The van der Waals surface area contributed by atoms with Gasteiger partial charge in [0.25, 0.3) is 0 Å². The first-order valence-corrected chi connectivity index (χ1v) is 7.93. The predicted octanol–water partition coefficient (Wildman–Crippen LogP) is 4.18. The smallest absolute Gasteiger partial charge is 0.152 e. The van der Waals surface area contributed by atoms with Gasteiger partial charge in [-0.3, -0.25) is 9.69 Å². The fourth-order valence-corrected chi connectivity index (χ4v) is 2.97. The first-order valence-electron chi connectivity index (χ1n) is 7.93. The summed E-state index contributed by atoms with van der Waals surface area (Å²) in [7, 11) is 0. The fraction of sp³-hybridized carbons (Fsp3) is 0.938. The summed E-state index contributed by atoms with van der Waals surface area (Å²) in [4.78, 5) is 15.0. The highest BCUT2D eigenvalue weighted by atomic mass is 16.1. The van der Waals surface area contributed by atoms with Gasteiger partial charge in [-0.25, -0.2) is 0 Å². The number of ketones is 1. The third-order valence-corrected chi connectivity index (χ3v) is 4.60.